The largest absolute Gasteiger partial charge is 0.441 e. The van der Waals surface area contributed by atoms with Gasteiger partial charge in [-0.1, -0.05) is 43.0 Å². The highest BCUT2D eigenvalue weighted by Crippen LogP contribution is 2.40. The van der Waals surface area contributed by atoms with Crippen molar-refractivity contribution in [2.24, 2.45) is 5.92 Å². The minimum absolute atomic E-state index is 0.0915. The smallest absolute Gasteiger partial charge is 0.310 e. The quantitative estimate of drug-likeness (QED) is 0.874. The molecule has 0 radical (unpaired) electrons. The molecule has 5 heteroatoms. The number of fused-ring (bicyclic) bond motifs is 1. The van der Waals surface area contributed by atoms with Crippen molar-refractivity contribution in [2.45, 2.75) is 31.3 Å². The zero-order valence-electron chi connectivity index (χ0n) is 10.8. The van der Waals surface area contributed by atoms with Gasteiger partial charge in [-0.05, 0) is 36.4 Å². The number of nitrogens with one attached hydrogen (secondary N) is 1. The molecule has 0 spiro atoms. The zero-order chi connectivity index (χ0) is 13.9. The number of hydrogen-bond donors (Lipinski definition) is 1. The monoisotopic (exact) mass is 289 g/mol. The average Bonchev–Trinajstić information content (AvgIpc) is 2.67. The molecule has 0 saturated heterocycles. The Morgan fingerprint density at radius 3 is 2.74 bits per heavy atom. The summed E-state index contributed by atoms with van der Waals surface area (Å²) in [6.45, 7) is 2.87. The van der Waals surface area contributed by atoms with E-state index in [9.17, 15) is 13.2 Å². The van der Waals surface area contributed by atoms with E-state index >= 15 is 0 Å². The van der Waals surface area contributed by atoms with Crippen LogP contribution in [0.3, 0.4) is 0 Å². The Morgan fingerprint density at radius 1 is 1.32 bits per heavy atom. The first-order valence-electron chi connectivity index (χ1n) is 6.53. The van der Waals surface area contributed by atoms with Crippen LogP contribution in [-0.4, -0.2) is 17.8 Å². The van der Waals surface area contributed by atoms with Gasteiger partial charge in [0.2, 0.25) is 0 Å². The molecule has 0 amide bonds. The van der Waals surface area contributed by atoms with Crippen molar-refractivity contribution < 1.29 is 13.2 Å². The van der Waals surface area contributed by atoms with Gasteiger partial charge in [-0.15, -0.1) is 0 Å². The zero-order valence-corrected chi connectivity index (χ0v) is 11.7. The predicted molar refractivity (Wildman–Crippen MR) is 73.2 cm³/mol. The lowest BCUT2D eigenvalue weighted by atomic mass is 9.98. The van der Waals surface area contributed by atoms with Crippen molar-refractivity contribution >= 4 is 11.8 Å². The maximum atomic E-state index is 12.2. The van der Waals surface area contributed by atoms with Crippen LogP contribution in [0.5, 0.6) is 0 Å². The van der Waals surface area contributed by atoms with Crippen molar-refractivity contribution in [1.29, 1.82) is 0 Å². The number of rotatable bonds is 5. The second kappa shape index (κ2) is 6.18. The van der Waals surface area contributed by atoms with Gasteiger partial charge >= 0.3 is 5.51 Å². The van der Waals surface area contributed by atoms with Gasteiger partial charge in [-0.3, -0.25) is 0 Å². The molecule has 19 heavy (non-hydrogen) atoms. The number of alkyl halides is 3. The fourth-order valence-electron chi connectivity index (χ4n) is 2.77. The van der Waals surface area contributed by atoms with E-state index in [0.717, 1.165) is 13.0 Å². The molecule has 0 fully saturated rings. The van der Waals surface area contributed by atoms with E-state index in [1.165, 1.54) is 11.1 Å². The Bertz CT molecular complexity index is 419. The molecule has 0 heterocycles. The third-order valence-electron chi connectivity index (χ3n) is 3.52. The second-order valence-corrected chi connectivity index (χ2v) is 5.94. The Kier molecular flexibility index (Phi) is 4.79. The van der Waals surface area contributed by atoms with E-state index in [2.05, 4.69) is 17.4 Å². The van der Waals surface area contributed by atoms with E-state index < -0.39 is 5.51 Å². The van der Waals surface area contributed by atoms with Gasteiger partial charge in [-0.2, -0.15) is 13.2 Å². The molecule has 2 rings (SSSR count). The third-order valence-corrected chi connectivity index (χ3v) is 4.29. The summed E-state index contributed by atoms with van der Waals surface area (Å²) >= 11 is 0.0915. The summed E-state index contributed by atoms with van der Waals surface area (Å²) in [7, 11) is 0. The highest BCUT2D eigenvalue weighted by molar-refractivity contribution is 8.00. The molecule has 0 bridgehead atoms. The first-order chi connectivity index (χ1) is 9.01. The van der Waals surface area contributed by atoms with Gasteiger partial charge in [-0.25, -0.2) is 0 Å². The van der Waals surface area contributed by atoms with Crippen LogP contribution in [0.2, 0.25) is 0 Å². The summed E-state index contributed by atoms with van der Waals surface area (Å²) in [6.07, 6.45) is 1.47. The van der Waals surface area contributed by atoms with Crippen molar-refractivity contribution in [1.82, 2.24) is 5.32 Å². The predicted octanol–water partition coefficient (Wildman–Crippen LogP) is 4.15. The summed E-state index contributed by atoms with van der Waals surface area (Å²) in [4.78, 5) is 0. The molecule has 1 nitrogen and oxygen atoms in total. The minimum Gasteiger partial charge on any atom is -0.310 e. The lowest BCUT2D eigenvalue weighted by Crippen LogP contribution is -2.25. The lowest BCUT2D eigenvalue weighted by molar-refractivity contribution is -0.0328. The number of benzene rings is 1. The molecule has 106 valence electrons. The van der Waals surface area contributed by atoms with Crippen LogP contribution in [0.4, 0.5) is 13.2 Å². The average molecular weight is 289 g/mol. The standard InChI is InChI=1S/C14H18F3NS/c1-2-18-13-11(7-8-19-14(15,16)17)9-10-5-3-4-6-12(10)13/h3-6,11,13,18H,2,7-9H2,1H3. The molecule has 1 aromatic carbocycles. The first-order valence-corrected chi connectivity index (χ1v) is 7.51. The van der Waals surface area contributed by atoms with Gasteiger partial charge in [0.25, 0.3) is 0 Å². The lowest BCUT2D eigenvalue weighted by Gasteiger charge is -2.21. The topological polar surface area (TPSA) is 12.0 Å². The van der Waals surface area contributed by atoms with Crippen LogP contribution in [0.15, 0.2) is 24.3 Å². The molecule has 1 aliphatic carbocycles. The normalized spacial score (nSPS) is 22.5. The molecular weight excluding hydrogens is 271 g/mol. The minimum atomic E-state index is -4.11. The molecule has 1 aliphatic rings. The van der Waals surface area contributed by atoms with Crippen LogP contribution in [-0.2, 0) is 6.42 Å². The van der Waals surface area contributed by atoms with Gasteiger partial charge in [0, 0.05) is 11.8 Å². The first kappa shape index (κ1) is 14.7. The van der Waals surface area contributed by atoms with Crippen LogP contribution in [0.25, 0.3) is 0 Å². The Hall–Kier alpha value is -0.680. The number of hydrogen-bond acceptors (Lipinski definition) is 2. The maximum Gasteiger partial charge on any atom is 0.441 e. The van der Waals surface area contributed by atoms with Crippen molar-refractivity contribution in [3.05, 3.63) is 35.4 Å². The highest BCUT2D eigenvalue weighted by Gasteiger charge is 2.33. The van der Waals surface area contributed by atoms with Crippen LogP contribution < -0.4 is 5.32 Å². The van der Waals surface area contributed by atoms with Crippen molar-refractivity contribution in [3.8, 4) is 0 Å². The van der Waals surface area contributed by atoms with Crippen molar-refractivity contribution in [2.75, 3.05) is 12.3 Å². The summed E-state index contributed by atoms with van der Waals surface area (Å²) in [5.74, 6) is 0.413. The van der Waals surface area contributed by atoms with E-state index in [1.807, 2.05) is 19.1 Å². The summed E-state index contributed by atoms with van der Waals surface area (Å²) in [5.41, 5.74) is -1.58. The highest BCUT2D eigenvalue weighted by atomic mass is 32.2. The fraction of sp³-hybridized carbons (Fsp3) is 0.571. The third kappa shape index (κ3) is 3.89. The van der Waals surface area contributed by atoms with E-state index in [0.29, 0.717) is 6.42 Å². The van der Waals surface area contributed by atoms with Crippen LogP contribution in [0.1, 0.15) is 30.5 Å². The second-order valence-electron chi connectivity index (χ2n) is 4.78. The van der Waals surface area contributed by atoms with Crippen molar-refractivity contribution in [3.63, 3.8) is 0 Å². The molecule has 2 atom stereocenters. The molecule has 0 aliphatic heterocycles. The maximum absolute atomic E-state index is 12.2. The fourth-order valence-corrected chi connectivity index (χ4v) is 3.42. The van der Waals surface area contributed by atoms with Gasteiger partial charge in [0.15, 0.2) is 0 Å². The SMILES string of the molecule is CCNC1c2ccccc2CC1CCSC(F)(F)F. The molecule has 1 aromatic rings. The van der Waals surface area contributed by atoms with Crippen LogP contribution >= 0.6 is 11.8 Å². The Balaban J connectivity index is 1.98. The number of halogens is 3. The Labute approximate surface area is 116 Å². The summed E-state index contributed by atoms with van der Waals surface area (Å²) < 4.78 is 36.6. The van der Waals surface area contributed by atoms with E-state index in [-0.39, 0.29) is 29.5 Å². The van der Waals surface area contributed by atoms with Gasteiger partial charge in [0.05, 0.1) is 0 Å². The summed E-state index contributed by atoms with van der Waals surface area (Å²) in [6, 6.07) is 8.36. The van der Waals surface area contributed by atoms with E-state index in [1.54, 1.807) is 0 Å². The van der Waals surface area contributed by atoms with Gasteiger partial charge in [0.1, 0.15) is 0 Å². The molecule has 0 saturated carbocycles. The molecule has 1 N–H and O–H groups in total. The number of thioether (sulfide) groups is 1. The van der Waals surface area contributed by atoms with Crippen LogP contribution in [0, 0.1) is 5.92 Å². The molecule has 0 aromatic heterocycles. The van der Waals surface area contributed by atoms with Gasteiger partial charge < -0.3 is 5.32 Å². The summed E-state index contributed by atoms with van der Waals surface area (Å²) in [5, 5.41) is 3.41. The Morgan fingerprint density at radius 2 is 2.05 bits per heavy atom. The van der Waals surface area contributed by atoms with E-state index in [4.69, 9.17) is 0 Å². The molecule has 2 unspecified atom stereocenters. The molecular formula is C14H18F3NS.